The standard InChI is InChI=1S/2Fe.7O. The van der Waals surface area contributed by atoms with Crippen molar-refractivity contribution in [3.63, 3.8) is 0 Å². The molecule has 0 aliphatic rings. The first-order valence-electron chi connectivity index (χ1n) is 1.15. The average molecular weight is 224 g/mol. The van der Waals surface area contributed by atoms with Crippen LogP contribution in [-0.2, 0) is 51.9 Å². The molecule has 0 heterocycles. The third kappa shape index (κ3) is 7.80. The fourth-order valence-corrected chi connectivity index (χ4v) is 1.30. The molecule has 0 unspecified atom stereocenters. The van der Waals surface area contributed by atoms with Gasteiger partial charge in [0.2, 0.25) is 0 Å². The normalized spacial score (nSPS) is 13.3. The zero-order chi connectivity index (χ0) is 7.71. The van der Waals surface area contributed by atoms with Crippen molar-refractivity contribution in [1.82, 2.24) is 0 Å². The monoisotopic (exact) mass is 224 g/mol. The summed E-state index contributed by atoms with van der Waals surface area (Å²) in [6.07, 6.45) is 0. The zero-order valence-corrected chi connectivity index (χ0v) is 5.77. The van der Waals surface area contributed by atoms with Crippen molar-refractivity contribution in [2.75, 3.05) is 0 Å². The molecule has 0 rings (SSSR count). The van der Waals surface area contributed by atoms with Crippen LogP contribution < -0.4 is 0 Å². The minimum atomic E-state index is -5.80. The van der Waals surface area contributed by atoms with Gasteiger partial charge in [0.15, 0.2) is 0 Å². The van der Waals surface area contributed by atoms with Gasteiger partial charge in [-0.1, -0.05) is 0 Å². The molecule has 0 bridgehead atoms. The van der Waals surface area contributed by atoms with Gasteiger partial charge in [-0.25, -0.2) is 0 Å². The quantitative estimate of drug-likeness (QED) is 0.564. The van der Waals surface area contributed by atoms with Crippen LogP contribution in [0.15, 0.2) is 0 Å². The summed E-state index contributed by atoms with van der Waals surface area (Å²) in [6, 6.07) is 0. The summed E-state index contributed by atoms with van der Waals surface area (Å²) in [7, 11) is 0. The second-order valence-electron chi connectivity index (χ2n) is 0.758. The first-order chi connectivity index (χ1) is 3.71. The van der Waals surface area contributed by atoms with E-state index < -0.39 is 25.9 Å². The SMILES string of the molecule is [O]=[Fe](=[O])(=[O])[O][Fe](=[O])(=[O])=[O]. The van der Waals surface area contributed by atoms with Crippen LogP contribution in [0.5, 0.6) is 0 Å². The van der Waals surface area contributed by atoms with Gasteiger partial charge >= 0.3 is 51.9 Å². The van der Waals surface area contributed by atoms with Crippen molar-refractivity contribution in [3.05, 3.63) is 0 Å². The van der Waals surface area contributed by atoms with Crippen LogP contribution in [0.4, 0.5) is 0 Å². The third-order valence-electron chi connectivity index (χ3n) is 0.125. The molecule has 0 atom stereocenters. The van der Waals surface area contributed by atoms with Crippen molar-refractivity contribution in [2.24, 2.45) is 0 Å². The molecule has 0 spiro atoms. The molecule has 0 amide bonds. The molecule has 0 aromatic heterocycles. The van der Waals surface area contributed by atoms with Crippen molar-refractivity contribution >= 4 is 0 Å². The van der Waals surface area contributed by atoms with E-state index in [-0.39, 0.29) is 0 Å². The molecule has 0 fully saturated rings. The van der Waals surface area contributed by atoms with Crippen molar-refractivity contribution in [2.45, 2.75) is 0 Å². The van der Waals surface area contributed by atoms with Crippen LogP contribution in [0.25, 0.3) is 0 Å². The molecule has 58 valence electrons. The van der Waals surface area contributed by atoms with E-state index in [1.807, 2.05) is 0 Å². The topological polar surface area (TPSA) is 112 Å². The minimum absolute atomic E-state index is 2.54. The van der Waals surface area contributed by atoms with E-state index in [9.17, 15) is 23.0 Å². The summed E-state index contributed by atoms with van der Waals surface area (Å²) in [5.41, 5.74) is 0. The average Bonchev–Trinajstić information content (AvgIpc) is 1.14. The Morgan fingerprint density at radius 1 is 0.667 bits per heavy atom. The molecule has 0 aliphatic heterocycles. The van der Waals surface area contributed by atoms with Gasteiger partial charge in [0.1, 0.15) is 0 Å². The molecule has 0 saturated heterocycles. The predicted molar refractivity (Wildman–Crippen MR) is 5.20 cm³/mol. The van der Waals surface area contributed by atoms with Gasteiger partial charge in [-0.05, 0) is 0 Å². The molecule has 0 aromatic rings. The molecular weight excluding hydrogens is 224 g/mol. The van der Waals surface area contributed by atoms with Crippen molar-refractivity contribution in [1.29, 1.82) is 0 Å². The van der Waals surface area contributed by atoms with Gasteiger partial charge in [0.05, 0.1) is 0 Å². The Morgan fingerprint density at radius 3 is 0.889 bits per heavy atom. The van der Waals surface area contributed by atoms with Gasteiger partial charge in [-0.3, -0.25) is 0 Å². The first kappa shape index (κ1) is 8.80. The molecule has 0 N–H and O–H groups in total. The van der Waals surface area contributed by atoms with E-state index in [4.69, 9.17) is 0 Å². The van der Waals surface area contributed by atoms with Crippen molar-refractivity contribution in [3.8, 4) is 0 Å². The summed E-state index contributed by atoms with van der Waals surface area (Å²) in [5.74, 6) is 0. The summed E-state index contributed by atoms with van der Waals surface area (Å²) < 4.78 is 58.6. The van der Waals surface area contributed by atoms with Crippen LogP contribution in [0.1, 0.15) is 0 Å². The molecule has 0 aliphatic carbocycles. The first-order valence-corrected chi connectivity index (χ1v) is 4.76. The van der Waals surface area contributed by atoms with Gasteiger partial charge in [0.25, 0.3) is 0 Å². The molecule has 0 saturated carbocycles. The Bertz CT molecular complexity index is 305. The summed E-state index contributed by atoms with van der Waals surface area (Å²) in [4.78, 5) is 0. The Kier molecular flexibility index (Phi) is 2.15. The molecule has 9 heavy (non-hydrogen) atoms. The second-order valence-corrected chi connectivity index (χ2v) is 3.78. The predicted octanol–water partition coefficient (Wildman–Crippen LogP) is -0.786. The molecular formula is Fe2O7. The number of hydrogen-bond donors (Lipinski definition) is 0. The Morgan fingerprint density at radius 2 is 0.889 bits per heavy atom. The van der Waals surface area contributed by atoms with E-state index in [1.54, 1.807) is 0 Å². The van der Waals surface area contributed by atoms with Gasteiger partial charge < -0.3 is 0 Å². The van der Waals surface area contributed by atoms with Crippen LogP contribution in [0.2, 0.25) is 0 Å². The summed E-state index contributed by atoms with van der Waals surface area (Å²) in [6.45, 7) is 0. The molecule has 7 nitrogen and oxygen atoms in total. The van der Waals surface area contributed by atoms with E-state index >= 15 is 0 Å². The zero-order valence-electron chi connectivity index (χ0n) is 3.56. The third-order valence-corrected chi connectivity index (χ3v) is 2.12. The van der Waals surface area contributed by atoms with E-state index in [0.717, 1.165) is 0 Å². The van der Waals surface area contributed by atoms with Crippen LogP contribution in [-0.4, -0.2) is 0 Å². The van der Waals surface area contributed by atoms with E-state index in [0.29, 0.717) is 0 Å². The molecule has 0 aromatic carbocycles. The van der Waals surface area contributed by atoms with Crippen LogP contribution in [0, 0.1) is 0 Å². The van der Waals surface area contributed by atoms with E-state index in [2.05, 4.69) is 2.90 Å². The fraction of sp³-hybridized carbons (Fsp3) is 0. The maximum absolute atomic E-state index is 9.34. The van der Waals surface area contributed by atoms with Crippen LogP contribution in [0.3, 0.4) is 0 Å². The van der Waals surface area contributed by atoms with Gasteiger partial charge in [0, 0.05) is 0 Å². The summed E-state index contributed by atoms with van der Waals surface area (Å²) >= 11 is -11.6. The fourth-order valence-electron chi connectivity index (χ4n) is 0.0765. The van der Waals surface area contributed by atoms with Gasteiger partial charge in [-0.15, -0.1) is 0 Å². The Balaban J connectivity index is 4.91. The molecule has 9 heteroatoms. The van der Waals surface area contributed by atoms with Crippen LogP contribution >= 0.6 is 0 Å². The van der Waals surface area contributed by atoms with Crippen molar-refractivity contribution < 1.29 is 51.9 Å². The Hall–Kier alpha value is -0.201. The van der Waals surface area contributed by atoms with E-state index in [1.165, 1.54) is 0 Å². The number of rotatable bonds is 2. The Labute approximate surface area is 52.3 Å². The summed E-state index contributed by atoms with van der Waals surface area (Å²) in [5, 5.41) is 0. The van der Waals surface area contributed by atoms with Gasteiger partial charge in [-0.2, -0.15) is 0 Å². The number of hydrogen-bond acceptors (Lipinski definition) is 7. The molecule has 0 radical (unpaired) electrons. The maximum atomic E-state index is 9.34. The second kappa shape index (κ2) is 2.20.